The normalized spacial score (nSPS) is 16.2. The molecule has 0 unspecified atom stereocenters. The van der Waals surface area contributed by atoms with Crippen LogP contribution in [0.15, 0.2) is 47.4 Å². The van der Waals surface area contributed by atoms with E-state index in [-0.39, 0.29) is 18.0 Å². The summed E-state index contributed by atoms with van der Waals surface area (Å²) in [7, 11) is -7.39. The van der Waals surface area contributed by atoms with Crippen LogP contribution in [0.1, 0.15) is 18.1 Å². The van der Waals surface area contributed by atoms with Crippen LogP contribution in [0.3, 0.4) is 0 Å². The maximum atomic E-state index is 12.9. The first-order chi connectivity index (χ1) is 15.4. The maximum Gasteiger partial charge on any atom is 0.247 e. The average molecular weight is 496 g/mol. The zero-order valence-electron chi connectivity index (χ0n) is 19.1. The molecule has 33 heavy (non-hydrogen) atoms. The number of sulfonamides is 2. The largest absolute Gasteiger partial charge is 0.379 e. The Morgan fingerprint density at radius 2 is 1.61 bits per heavy atom. The topological polar surface area (TPSA) is 113 Å². The van der Waals surface area contributed by atoms with Crippen molar-refractivity contribution >= 4 is 37.3 Å². The number of hydrogen-bond acceptors (Lipinski definition) is 6. The van der Waals surface area contributed by atoms with Gasteiger partial charge in [0.2, 0.25) is 26.0 Å². The Labute approximate surface area is 195 Å². The van der Waals surface area contributed by atoms with Gasteiger partial charge in [0.1, 0.15) is 6.04 Å². The molecule has 180 valence electrons. The van der Waals surface area contributed by atoms with Crippen LogP contribution in [0.25, 0.3) is 0 Å². The molecule has 1 fully saturated rings. The number of aryl methyl sites for hydroxylation is 2. The van der Waals surface area contributed by atoms with Gasteiger partial charge in [-0.25, -0.2) is 16.8 Å². The van der Waals surface area contributed by atoms with E-state index in [1.165, 1.54) is 35.5 Å². The lowest BCUT2D eigenvalue weighted by molar-refractivity contribution is -0.116. The maximum absolute atomic E-state index is 12.9. The predicted molar refractivity (Wildman–Crippen MR) is 127 cm³/mol. The summed E-state index contributed by atoms with van der Waals surface area (Å²) in [5.74, 6) is -0.539. The van der Waals surface area contributed by atoms with Crippen LogP contribution in [0.4, 0.5) is 11.4 Å². The minimum absolute atomic E-state index is 0.114. The van der Waals surface area contributed by atoms with E-state index in [1.54, 1.807) is 18.2 Å². The van der Waals surface area contributed by atoms with Gasteiger partial charge in [-0.15, -0.1) is 0 Å². The average Bonchev–Trinajstić information content (AvgIpc) is 2.76. The highest BCUT2D eigenvalue weighted by Gasteiger charge is 2.30. The van der Waals surface area contributed by atoms with Crippen molar-refractivity contribution in [2.45, 2.75) is 31.7 Å². The Kier molecular flexibility index (Phi) is 7.47. The van der Waals surface area contributed by atoms with Gasteiger partial charge in [0.25, 0.3) is 0 Å². The Morgan fingerprint density at radius 1 is 1.00 bits per heavy atom. The Bertz CT molecular complexity index is 1220. The summed E-state index contributed by atoms with van der Waals surface area (Å²) in [5, 5.41) is 2.67. The van der Waals surface area contributed by atoms with Crippen LogP contribution < -0.4 is 9.62 Å². The molecular formula is C22H29N3O6S2. The smallest absolute Gasteiger partial charge is 0.247 e. The third kappa shape index (κ3) is 5.72. The fourth-order valence-corrected chi connectivity index (χ4v) is 6.14. The zero-order chi connectivity index (χ0) is 24.4. The molecule has 0 aliphatic carbocycles. The molecule has 0 saturated carbocycles. The van der Waals surface area contributed by atoms with Crippen molar-refractivity contribution in [1.82, 2.24) is 4.31 Å². The molecule has 11 heteroatoms. The summed E-state index contributed by atoms with van der Waals surface area (Å²) in [4.78, 5) is 13.0. The van der Waals surface area contributed by atoms with Crippen molar-refractivity contribution in [2.24, 2.45) is 0 Å². The van der Waals surface area contributed by atoms with Gasteiger partial charge in [-0.3, -0.25) is 9.10 Å². The fourth-order valence-electron chi connectivity index (χ4n) is 3.56. The van der Waals surface area contributed by atoms with Crippen molar-refractivity contribution in [3.05, 3.63) is 53.6 Å². The van der Waals surface area contributed by atoms with Gasteiger partial charge in [-0.1, -0.05) is 6.07 Å². The minimum Gasteiger partial charge on any atom is -0.379 e. The molecule has 3 rings (SSSR count). The fraction of sp³-hybridized carbons (Fsp3) is 0.409. The second-order valence-corrected chi connectivity index (χ2v) is 11.8. The van der Waals surface area contributed by atoms with Crippen molar-refractivity contribution in [3.63, 3.8) is 0 Å². The van der Waals surface area contributed by atoms with Gasteiger partial charge in [-0.05, 0) is 68.3 Å². The van der Waals surface area contributed by atoms with Gasteiger partial charge in [0, 0.05) is 18.8 Å². The van der Waals surface area contributed by atoms with Crippen LogP contribution in [0, 0.1) is 13.8 Å². The zero-order valence-corrected chi connectivity index (χ0v) is 20.7. The molecule has 2 aromatic carbocycles. The van der Waals surface area contributed by atoms with Crippen molar-refractivity contribution in [2.75, 3.05) is 42.2 Å². The van der Waals surface area contributed by atoms with E-state index in [4.69, 9.17) is 4.74 Å². The van der Waals surface area contributed by atoms with Crippen LogP contribution >= 0.6 is 0 Å². The highest BCUT2D eigenvalue weighted by Crippen LogP contribution is 2.25. The van der Waals surface area contributed by atoms with Crippen molar-refractivity contribution in [1.29, 1.82) is 0 Å². The molecule has 1 atom stereocenters. The molecule has 0 radical (unpaired) electrons. The quantitative estimate of drug-likeness (QED) is 0.630. The van der Waals surface area contributed by atoms with E-state index in [0.717, 1.165) is 21.7 Å². The van der Waals surface area contributed by atoms with Gasteiger partial charge >= 0.3 is 0 Å². The second kappa shape index (κ2) is 9.80. The highest BCUT2D eigenvalue weighted by molar-refractivity contribution is 7.92. The van der Waals surface area contributed by atoms with Gasteiger partial charge in [-0.2, -0.15) is 4.31 Å². The molecule has 0 bridgehead atoms. The van der Waals surface area contributed by atoms with Gasteiger partial charge in [0.15, 0.2) is 0 Å². The molecule has 2 aromatic rings. The predicted octanol–water partition coefficient (Wildman–Crippen LogP) is 2.12. The molecule has 1 heterocycles. The molecule has 1 aliphatic heterocycles. The standard InChI is InChI=1S/C22H29N3O6S2/c1-16-5-8-20(15-17(16)2)25(32(4,27)28)18(3)22(26)23-19-6-9-21(10-7-19)33(29,30)24-11-13-31-14-12-24/h5-10,15,18H,11-14H2,1-4H3,(H,23,26)/t18-/m0/s1. The molecule has 1 amide bonds. The number of ether oxygens (including phenoxy) is 1. The molecule has 1 saturated heterocycles. The lowest BCUT2D eigenvalue weighted by Gasteiger charge is -2.29. The Hall–Kier alpha value is -2.47. The van der Waals surface area contributed by atoms with E-state index in [9.17, 15) is 21.6 Å². The molecule has 1 N–H and O–H groups in total. The summed E-state index contributed by atoms with van der Waals surface area (Å²) < 4.78 is 58.1. The van der Waals surface area contributed by atoms with Crippen molar-refractivity contribution < 1.29 is 26.4 Å². The van der Waals surface area contributed by atoms with Crippen LogP contribution in [0.2, 0.25) is 0 Å². The van der Waals surface area contributed by atoms with E-state index < -0.39 is 32.0 Å². The second-order valence-electron chi connectivity index (χ2n) is 8.03. The number of anilines is 2. The van der Waals surface area contributed by atoms with Gasteiger partial charge < -0.3 is 10.1 Å². The number of amides is 1. The van der Waals surface area contributed by atoms with Gasteiger partial charge in [0.05, 0.1) is 30.1 Å². The Balaban J connectivity index is 1.78. The van der Waals surface area contributed by atoms with Crippen LogP contribution in [-0.4, -0.2) is 65.6 Å². The highest BCUT2D eigenvalue weighted by atomic mass is 32.2. The summed E-state index contributed by atoms with van der Waals surface area (Å²) in [6.45, 7) is 6.57. The number of hydrogen-bond donors (Lipinski definition) is 1. The number of carbonyl (C=O) groups excluding carboxylic acids is 1. The molecular weight excluding hydrogens is 466 g/mol. The first-order valence-corrected chi connectivity index (χ1v) is 13.8. The number of carbonyl (C=O) groups is 1. The molecule has 1 aliphatic rings. The number of rotatable bonds is 7. The monoisotopic (exact) mass is 495 g/mol. The number of benzene rings is 2. The summed E-state index contributed by atoms with van der Waals surface area (Å²) >= 11 is 0. The summed E-state index contributed by atoms with van der Waals surface area (Å²) in [6, 6.07) is 9.98. The third-order valence-electron chi connectivity index (χ3n) is 5.56. The molecule has 9 nitrogen and oxygen atoms in total. The minimum atomic E-state index is -3.75. The number of morpholine rings is 1. The summed E-state index contributed by atoms with van der Waals surface area (Å²) in [5.41, 5.74) is 2.68. The lowest BCUT2D eigenvalue weighted by atomic mass is 10.1. The lowest BCUT2D eigenvalue weighted by Crippen LogP contribution is -2.45. The van der Waals surface area contributed by atoms with E-state index >= 15 is 0 Å². The Morgan fingerprint density at radius 3 is 2.15 bits per heavy atom. The molecule has 0 aromatic heterocycles. The molecule has 0 spiro atoms. The first kappa shape index (κ1) is 25.2. The van der Waals surface area contributed by atoms with E-state index in [1.807, 2.05) is 13.8 Å². The van der Waals surface area contributed by atoms with E-state index in [2.05, 4.69) is 5.32 Å². The van der Waals surface area contributed by atoms with Crippen LogP contribution in [0.5, 0.6) is 0 Å². The SMILES string of the molecule is Cc1ccc(N([C@@H](C)C(=O)Nc2ccc(S(=O)(=O)N3CCOCC3)cc2)S(C)(=O)=O)cc1C. The number of nitrogens with one attached hydrogen (secondary N) is 1. The van der Waals surface area contributed by atoms with Crippen LogP contribution in [-0.2, 0) is 29.6 Å². The third-order valence-corrected chi connectivity index (χ3v) is 8.72. The first-order valence-electron chi connectivity index (χ1n) is 10.5. The number of nitrogens with zero attached hydrogens (tertiary/aromatic N) is 2. The summed E-state index contributed by atoms with van der Waals surface area (Å²) in [6.07, 6.45) is 1.05. The van der Waals surface area contributed by atoms with E-state index in [0.29, 0.717) is 24.6 Å². The van der Waals surface area contributed by atoms with Crippen molar-refractivity contribution in [3.8, 4) is 0 Å².